The number of thiazole rings is 1. The highest BCUT2D eigenvalue weighted by Gasteiger charge is 2.12. The zero-order chi connectivity index (χ0) is 19.6. The standard InChI is InChI=1S/C19H20N4O3S/c1-10-4-11(2)17(12(3)5-10)26-8-16(24)23-19-22-15(9-27-19)13-6-14(18(20)25)21-7-13/h4-7,9,21H,8H2,1-3H3,(H2,20,25)(H,22,23,24). The van der Waals surface area contributed by atoms with E-state index in [2.05, 4.69) is 15.3 Å². The Labute approximate surface area is 160 Å². The number of aromatic amines is 1. The van der Waals surface area contributed by atoms with Gasteiger partial charge in [-0.1, -0.05) is 17.7 Å². The van der Waals surface area contributed by atoms with E-state index in [-0.39, 0.29) is 12.5 Å². The van der Waals surface area contributed by atoms with E-state index in [0.29, 0.717) is 16.5 Å². The zero-order valence-corrected chi connectivity index (χ0v) is 16.1. The maximum atomic E-state index is 12.2. The lowest BCUT2D eigenvalue weighted by atomic mass is 10.1. The number of benzene rings is 1. The Morgan fingerprint density at radius 1 is 1.22 bits per heavy atom. The molecule has 0 aliphatic heterocycles. The van der Waals surface area contributed by atoms with Gasteiger partial charge >= 0.3 is 0 Å². The van der Waals surface area contributed by atoms with E-state index in [1.807, 2.05) is 32.9 Å². The predicted octanol–water partition coefficient (Wildman–Crippen LogP) is 3.18. The maximum absolute atomic E-state index is 12.2. The van der Waals surface area contributed by atoms with Crippen molar-refractivity contribution in [1.29, 1.82) is 0 Å². The summed E-state index contributed by atoms with van der Waals surface area (Å²) in [4.78, 5) is 30.5. The molecule has 8 heteroatoms. The first kappa shape index (κ1) is 18.7. The minimum absolute atomic E-state index is 0.102. The summed E-state index contributed by atoms with van der Waals surface area (Å²) in [6.45, 7) is 5.83. The summed E-state index contributed by atoms with van der Waals surface area (Å²) >= 11 is 1.29. The number of carbonyl (C=O) groups is 2. The summed E-state index contributed by atoms with van der Waals surface area (Å²) in [7, 11) is 0. The van der Waals surface area contributed by atoms with Crippen LogP contribution in [-0.4, -0.2) is 28.4 Å². The van der Waals surface area contributed by atoms with Crippen molar-refractivity contribution in [2.24, 2.45) is 5.73 Å². The van der Waals surface area contributed by atoms with Crippen LogP contribution in [0.5, 0.6) is 5.75 Å². The van der Waals surface area contributed by atoms with Gasteiger partial charge in [-0.05, 0) is 38.0 Å². The molecule has 0 atom stereocenters. The summed E-state index contributed by atoms with van der Waals surface area (Å²) in [6, 6.07) is 5.66. The van der Waals surface area contributed by atoms with Crippen molar-refractivity contribution in [3.05, 3.63) is 52.2 Å². The van der Waals surface area contributed by atoms with Crippen molar-refractivity contribution in [2.45, 2.75) is 20.8 Å². The Morgan fingerprint density at radius 3 is 2.56 bits per heavy atom. The molecule has 0 unspecified atom stereocenters. The van der Waals surface area contributed by atoms with Gasteiger partial charge in [-0.3, -0.25) is 14.9 Å². The van der Waals surface area contributed by atoms with Crippen LogP contribution in [0.3, 0.4) is 0 Å². The number of anilines is 1. The second kappa shape index (κ2) is 7.63. The molecule has 3 aromatic rings. The Bertz CT molecular complexity index is 983. The zero-order valence-electron chi connectivity index (χ0n) is 15.3. The van der Waals surface area contributed by atoms with E-state index in [9.17, 15) is 9.59 Å². The van der Waals surface area contributed by atoms with Gasteiger partial charge in [0.05, 0.1) is 5.69 Å². The Balaban J connectivity index is 1.62. The monoisotopic (exact) mass is 384 g/mol. The van der Waals surface area contributed by atoms with Crippen molar-refractivity contribution >= 4 is 28.3 Å². The molecule has 0 fully saturated rings. The molecular weight excluding hydrogens is 364 g/mol. The van der Waals surface area contributed by atoms with Gasteiger partial charge in [-0.25, -0.2) is 4.98 Å². The lowest BCUT2D eigenvalue weighted by molar-refractivity contribution is -0.118. The van der Waals surface area contributed by atoms with Gasteiger partial charge in [-0.2, -0.15) is 0 Å². The Morgan fingerprint density at radius 2 is 1.93 bits per heavy atom. The molecule has 0 saturated carbocycles. The minimum Gasteiger partial charge on any atom is -0.483 e. The third-order valence-corrected chi connectivity index (χ3v) is 4.70. The molecule has 0 saturated heterocycles. The van der Waals surface area contributed by atoms with Gasteiger partial charge in [0.1, 0.15) is 11.4 Å². The normalized spacial score (nSPS) is 10.6. The predicted molar refractivity (Wildman–Crippen MR) is 105 cm³/mol. The number of hydrogen-bond acceptors (Lipinski definition) is 5. The number of ether oxygens (including phenoxy) is 1. The summed E-state index contributed by atoms with van der Waals surface area (Å²) in [5.74, 6) is -0.104. The lowest BCUT2D eigenvalue weighted by Crippen LogP contribution is -2.20. The molecule has 1 aromatic carbocycles. The van der Waals surface area contributed by atoms with Crippen molar-refractivity contribution in [2.75, 3.05) is 11.9 Å². The molecule has 3 rings (SSSR count). The summed E-state index contributed by atoms with van der Waals surface area (Å²) < 4.78 is 5.69. The van der Waals surface area contributed by atoms with Crippen molar-refractivity contribution in [3.63, 3.8) is 0 Å². The Kier molecular flexibility index (Phi) is 5.27. The molecule has 27 heavy (non-hydrogen) atoms. The van der Waals surface area contributed by atoms with E-state index >= 15 is 0 Å². The van der Waals surface area contributed by atoms with Gasteiger partial charge in [0.25, 0.3) is 11.8 Å². The van der Waals surface area contributed by atoms with Gasteiger partial charge in [0.2, 0.25) is 0 Å². The average molecular weight is 384 g/mol. The Hall–Kier alpha value is -3.13. The topological polar surface area (TPSA) is 110 Å². The molecule has 2 amide bonds. The van der Waals surface area contributed by atoms with Gasteiger partial charge in [0.15, 0.2) is 11.7 Å². The summed E-state index contributed by atoms with van der Waals surface area (Å²) in [5.41, 5.74) is 10.0. The molecular formula is C19H20N4O3S. The molecule has 2 heterocycles. The molecule has 7 nitrogen and oxygen atoms in total. The van der Waals surface area contributed by atoms with E-state index in [4.69, 9.17) is 10.5 Å². The first-order valence-electron chi connectivity index (χ1n) is 8.28. The number of carbonyl (C=O) groups excluding carboxylic acids is 2. The van der Waals surface area contributed by atoms with Crippen LogP contribution >= 0.6 is 11.3 Å². The first-order valence-corrected chi connectivity index (χ1v) is 9.16. The van der Waals surface area contributed by atoms with Gasteiger partial charge < -0.3 is 15.5 Å². The molecule has 0 bridgehead atoms. The quantitative estimate of drug-likeness (QED) is 0.606. The van der Waals surface area contributed by atoms with Gasteiger partial charge in [0, 0.05) is 17.1 Å². The molecule has 4 N–H and O–H groups in total. The van der Waals surface area contributed by atoms with Crippen molar-refractivity contribution in [3.8, 4) is 17.0 Å². The lowest BCUT2D eigenvalue weighted by Gasteiger charge is -2.12. The highest BCUT2D eigenvalue weighted by molar-refractivity contribution is 7.14. The fraction of sp³-hybridized carbons (Fsp3) is 0.211. The third-order valence-electron chi connectivity index (χ3n) is 3.95. The van der Waals surface area contributed by atoms with Crippen LogP contribution in [0, 0.1) is 20.8 Å². The second-order valence-electron chi connectivity index (χ2n) is 6.27. The van der Waals surface area contributed by atoms with E-state index in [1.54, 1.807) is 17.6 Å². The average Bonchev–Trinajstić information content (AvgIpc) is 3.22. The molecule has 2 aromatic heterocycles. The number of aryl methyl sites for hydroxylation is 3. The molecule has 140 valence electrons. The number of primary amides is 1. The number of nitrogens with one attached hydrogen (secondary N) is 2. The third kappa shape index (κ3) is 4.35. The number of hydrogen-bond donors (Lipinski definition) is 3. The molecule has 0 radical (unpaired) electrons. The highest BCUT2D eigenvalue weighted by Crippen LogP contribution is 2.26. The van der Waals surface area contributed by atoms with Crippen LogP contribution in [0.25, 0.3) is 11.3 Å². The van der Waals surface area contributed by atoms with Crippen LogP contribution in [-0.2, 0) is 4.79 Å². The molecule has 0 aliphatic carbocycles. The van der Waals surface area contributed by atoms with Crippen LogP contribution in [0.4, 0.5) is 5.13 Å². The number of nitrogens with two attached hydrogens (primary N) is 1. The number of H-pyrrole nitrogens is 1. The first-order chi connectivity index (χ1) is 12.8. The summed E-state index contributed by atoms with van der Waals surface area (Å²) in [6.07, 6.45) is 1.65. The number of nitrogens with zero attached hydrogens (tertiary/aromatic N) is 1. The fourth-order valence-electron chi connectivity index (χ4n) is 2.84. The maximum Gasteiger partial charge on any atom is 0.265 e. The van der Waals surface area contributed by atoms with Crippen LogP contribution < -0.4 is 15.8 Å². The van der Waals surface area contributed by atoms with E-state index < -0.39 is 5.91 Å². The summed E-state index contributed by atoms with van der Waals surface area (Å²) in [5, 5.41) is 4.97. The van der Waals surface area contributed by atoms with Crippen LogP contribution in [0.2, 0.25) is 0 Å². The number of amides is 2. The van der Waals surface area contributed by atoms with Crippen molar-refractivity contribution < 1.29 is 14.3 Å². The fourth-order valence-corrected chi connectivity index (χ4v) is 3.57. The molecule has 0 aliphatic rings. The van der Waals surface area contributed by atoms with E-state index in [1.165, 1.54) is 11.3 Å². The largest absolute Gasteiger partial charge is 0.483 e. The smallest absolute Gasteiger partial charge is 0.265 e. The molecule has 0 spiro atoms. The van der Waals surface area contributed by atoms with Crippen LogP contribution in [0.1, 0.15) is 27.2 Å². The minimum atomic E-state index is -0.538. The van der Waals surface area contributed by atoms with Crippen LogP contribution in [0.15, 0.2) is 29.8 Å². The number of rotatable bonds is 6. The SMILES string of the molecule is Cc1cc(C)c(OCC(=O)Nc2nc(-c3c[nH]c(C(N)=O)c3)cs2)c(C)c1. The van der Waals surface area contributed by atoms with Crippen molar-refractivity contribution in [1.82, 2.24) is 9.97 Å². The number of aromatic nitrogens is 2. The second-order valence-corrected chi connectivity index (χ2v) is 7.13. The van der Waals surface area contributed by atoms with Gasteiger partial charge in [-0.15, -0.1) is 11.3 Å². The highest BCUT2D eigenvalue weighted by atomic mass is 32.1. The van der Waals surface area contributed by atoms with E-state index in [0.717, 1.165) is 28.0 Å².